The normalized spacial score (nSPS) is 16.1. The monoisotopic (exact) mass is 251 g/mol. The highest BCUT2D eigenvalue weighted by atomic mass is 16.6. The molecule has 0 spiro atoms. The van der Waals surface area contributed by atoms with Gasteiger partial charge in [-0.05, 0) is 29.5 Å². The highest BCUT2D eigenvalue weighted by molar-refractivity contribution is 5.88. The maximum absolute atomic E-state index is 5.46. The van der Waals surface area contributed by atoms with Crippen molar-refractivity contribution in [1.82, 2.24) is 0 Å². The van der Waals surface area contributed by atoms with E-state index >= 15 is 0 Å². The summed E-state index contributed by atoms with van der Waals surface area (Å²) in [4.78, 5) is 5.46. The molecule has 0 fully saturated rings. The van der Waals surface area contributed by atoms with Crippen molar-refractivity contribution in [3.63, 3.8) is 0 Å². The lowest BCUT2D eigenvalue weighted by molar-refractivity contribution is 0.129. The number of fused-ring (bicyclic) bond motifs is 1. The van der Waals surface area contributed by atoms with Crippen LogP contribution in [-0.4, -0.2) is 5.71 Å². The fourth-order valence-electron chi connectivity index (χ4n) is 2.41. The fourth-order valence-corrected chi connectivity index (χ4v) is 2.41. The largest absolute Gasteiger partial charge is 0.391 e. The van der Waals surface area contributed by atoms with Crippen molar-refractivity contribution in [2.24, 2.45) is 5.16 Å². The van der Waals surface area contributed by atoms with Gasteiger partial charge < -0.3 is 4.84 Å². The second-order valence-electron chi connectivity index (χ2n) is 4.86. The molecule has 0 N–H and O–H groups in total. The zero-order chi connectivity index (χ0) is 12.9. The van der Waals surface area contributed by atoms with Gasteiger partial charge in [-0.2, -0.15) is 0 Å². The average molecular weight is 251 g/mol. The summed E-state index contributed by atoms with van der Waals surface area (Å²) in [5, 5.41) is 4.29. The first-order chi connectivity index (χ1) is 9.42. The summed E-state index contributed by atoms with van der Waals surface area (Å²) in [6.45, 7) is 0.548. The predicted molar refractivity (Wildman–Crippen MR) is 77.1 cm³/mol. The van der Waals surface area contributed by atoms with Gasteiger partial charge >= 0.3 is 0 Å². The molecule has 96 valence electrons. The predicted octanol–water partition coefficient (Wildman–Crippen LogP) is 3.75. The Labute approximate surface area is 113 Å². The van der Waals surface area contributed by atoms with Crippen LogP contribution < -0.4 is 0 Å². The van der Waals surface area contributed by atoms with Crippen LogP contribution in [0.15, 0.2) is 59.8 Å². The van der Waals surface area contributed by atoms with Crippen LogP contribution >= 0.6 is 0 Å². The van der Waals surface area contributed by atoms with E-state index in [1.165, 1.54) is 11.1 Å². The molecule has 3 rings (SSSR count). The molecule has 19 heavy (non-hydrogen) atoms. The van der Waals surface area contributed by atoms with Gasteiger partial charge in [0.25, 0.3) is 0 Å². The molecule has 1 aliphatic rings. The molecule has 0 aromatic heterocycles. The number of nitrogens with zero attached hydrogens (tertiary/aromatic N) is 1. The minimum atomic E-state index is 0.548. The van der Waals surface area contributed by atoms with Crippen LogP contribution in [0.3, 0.4) is 0 Å². The highest BCUT2D eigenvalue weighted by Crippen LogP contribution is 2.19. The summed E-state index contributed by atoms with van der Waals surface area (Å²) in [7, 11) is 0. The van der Waals surface area contributed by atoms with E-state index in [-0.39, 0.29) is 0 Å². The lowest BCUT2D eigenvalue weighted by atomic mass is 9.91. The molecule has 0 radical (unpaired) electrons. The van der Waals surface area contributed by atoms with Gasteiger partial charge in [-0.1, -0.05) is 59.8 Å². The molecule has 0 atom stereocenters. The molecule has 2 nitrogen and oxygen atoms in total. The fraction of sp³-hybridized carbons (Fsp3) is 0.235. The van der Waals surface area contributed by atoms with Crippen molar-refractivity contribution in [2.75, 3.05) is 0 Å². The van der Waals surface area contributed by atoms with Gasteiger partial charge in [0.2, 0.25) is 0 Å². The Bertz CT molecular complexity index is 575. The quantitative estimate of drug-likeness (QED) is 0.761. The van der Waals surface area contributed by atoms with E-state index in [1.54, 1.807) is 0 Å². The van der Waals surface area contributed by atoms with Crippen molar-refractivity contribution >= 4 is 5.71 Å². The molecule has 0 bridgehead atoms. The highest BCUT2D eigenvalue weighted by Gasteiger charge is 2.13. The smallest absolute Gasteiger partial charge is 0.142 e. The molecule has 0 saturated carbocycles. The van der Waals surface area contributed by atoms with E-state index in [1.807, 2.05) is 18.2 Å². The Morgan fingerprint density at radius 2 is 1.58 bits per heavy atom. The van der Waals surface area contributed by atoms with E-state index in [9.17, 15) is 0 Å². The van der Waals surface area contributed by atoms with Crippen molar-refractivity contribution in [3.8, 4) is 0 Å². The first-order valence-corrected chi connectivity index (χ1v) is 6.70. The third-order valence-corrected chi connectivity index (χ3v) is 3.46. The number of hydrogen-bond acceptors (Lipinski definition) is 2. The van der Waals surface area contributed by atoms with Crippen molar-refractivity contribution in [2.45, 2.75) is 25.9 Å². The lowest BCUT2D eigenvalue weighted by Crippen LogP contribution is -2.13. The molecule has 2 heteroatoms. The standard InChI is InChI=1S/C17H17NO/c1-2-6-14(7-3-1)13-19-18-17-11-10-15-8-4-5-9-16(15)12-17/h1-9H,10-13H2. The SMILES string of the molecule is c1ccc(CON=C2CCc3ccccc3C2)cc1. The van der Waals surface area contributed by atoms with E-state index in [2.05, 4.69) is 41.6 Å². The van der Waals surface area contributed by atoms with Crippen LogP contribution in [0.1, 0.15) is 23.1 Å². The van der Waals surface area contributed by atoms with Gasteiger partial charge in [-0.3, -0.25) is 0 Å². The second kappa shape index (κ2) is 5.70. The minimum Gasteiger partial charge on any atom is -0.391 e. The van der Waals surface area contributed by atoms with E-state index < -0.39 is 0 Å². The Morgan fingerprint density at radius 1 is 0.842 bits per heavy atom. The van der Waals surface area contributed by atoms with Crippen LogP contribution in [0.25, 0.3) is 0 Å². The van der Waals surface area contributed by atoms with Crippen LogP contribution in [0.5, 0.6) is 0 Å². The van der Waals surface area contributed by atoms with Crippen LogP contribution in [0, 0.1) is 0 Å². The summed E-state index contributed by atoms with van der Waals surface area (Å²) in [6.07, 6.45) is 3.00. The molecule has 0 saturated heterocycles. The zero-order valence-corrected chi connectivity index (χ0v) is 10.9. The Balaban J connectivity index is 1.61. The van der Waals surface area contributed by atoms with Gasteiger partial charge in [0.15, 0.2) is 0 Å². The topological polar surface area (TPSA) is 21.6 Å². The molecule has 0 heterocycles. The number of rotatable bonds is 3. The third-order valence-electron chi connectivity index (χ3n) is 3.46. The number of oxime groups is 1. The Kier molecular flexibility index (Phi) is 3.59. The molecule has 1 aliphatic carbocycles. The first kappa shape index (κ1) is 12.0. The Hall–Kier alpha value is -2.09. The van der Waals surface area contributed by atoms with E-state index in [4.69, 9.17) is 4.84 Å². The number of aryl methyl sites for hydroxylation is 1. The van der Waals surface area contributed by atoms with Gasteiger partial charge in [-0.25, -0.2) is 0 Å². The molecule has 2 aromatic carbocycles. The average Bonchev–Trinajstić information content (AvgIpc) is 2.48. The third kappa shape index (κ3) is 3.02. The molecular formula is C17H17NO. The van der Waals surface area contributed by atoms with E-state index in [0.717, 1.165) is 30.5 Å². The minimum absolute atomic E-state index is 0.548. The second-order valence-corrected chi connectivity index (χ2v) is 4.86. The van der Waals surface area contributed by atoms with Gasteiger partial charge in [0.1, 0.15) is 6.61 Å². The van der Waals surface area contributed by atoms with Crippen molar-refractivity contribution in [3.05, 3.63) is 71.3 Å². The molecule has 0 aliphatic heterocycles. The summed E-state index contributed by atoms with van der Waals surface area (Å²) in [5.41, 5.74) is 5.14. The maximum Gasteiger partial charge on any atom is 0.142 e. The van der Waals surface area contributed by atoms with Crippen molar-refractivity contribution in [1.29, 1.82) is 0 Å². The van der Waals surface area contributed by atoms with Crippen LogP contribution in [-0.2, 0) is 24.3 Å². The molecule has 2 aromatic rings. The summed E-state index contributed by atoms with van der Waals surface area (Å²) < 4.78 is 0. The zero-order valence-electron chi connectivity index (χ0n) is 10.9. The van der Waals surface area contributed by atoms with Crippen LogP contribution in [0.4, 0.5) is 0 Å². The van der Waals surface area contributed by atoms with E-state index in [0.29, 0.717) is 6.61 Å². The Morgan fingerprint density at radius 3 is 2.42 bits per heavy atom. The number of hydrogen-bond donors (Lipinski definition) is 0. The lowest BCUT2D eigenvalue weighted by Gasteiger charge is -2.16. The summed E-state index contributed by atoms with van der Waals surface area (Å²) in [6, 6.07) is 18.7. The van der Waals surface area contributed by atoms with Gasteiger partial charge in [-0.15, -0.1) is 0 Å². The van der Waals surface area contributed by atoms with Crippen LogP contribution in [0.2, 0.25) is 0 Å². The summed E-state index contributed by atoms with van der Waals surface area (Å²) >= 11 is 0. The molecular weight excluding hydrogens is 234 g/mol. The molecule has 0 amide bonds. The number of benzene rings is 2. The van der Waals surface area contributed by atoms with Gasteiger partial charge in [0, 0.05) is 6.42 Å². The summed E-state index contributed by atoms with van der Waals surface area (Å²) in [5.74, 6) is 0. The molecule has 0 unspecified atom stereocenters. The van der Waals surface area contributed by atoms with Gasteiger partial charge in [0.05, 0.1) is 5.71 Å². The first-order valence-electron chi connectivity index (χ1n) is 6.70. The maximum atomic E-state index is 5.46. The van der Waals surface area contributed by atoms with Crippen molar-refractivity contribution < 1.29 is 4.84 Å².